The van der Waals surface area contributed by atoms with Gasteiger partial charge < -0.3 is 15.1 Å². The first-order chi connectivity index (χ1) is 3.92. The van der Waals surface area contributed by atoms with Gasteiger partial charge in [0.25, 0.3) is 0 Å². The number of aliphatic hydroxyl groups excluding tert-OH is 1. The van der Waals surface area contributed by atoms with E-state index in [1.54, 1.807) is 0 Å². The Hall–Kier alpha value is -0.120. The van der Waals surface area contributed by atoms with Gasteiger partial charge in [-0.15, -0.1) is 0 Å². The van der Waals surface area contributed by atoms with Crippen LogP contribution >= 0.6 is 0 Å². The zero-order valence-corrected chi connectivity index (χ0v) is 7.33. The molecule has 0 saturated carbocycles. The van der Waals surface area contributed by atoms with E-state index >= 15 is 0 Å². The van der Waals surface area contributed by atoms with Crippen LogP contribution < -0.4 is 0 Å². The van der Waals surface area contributed by atoms with E-state index in [1.807, 2.05) is 6.92 Å². The van der Waals surface area contributed by atoms with Crippen LogP contribution in [0.2, 0.25) is 0 Å². The van der Waals surface area contributed by atoms with Gasteiger partial charge in [0.15, 0.2) is 0 Å². The van der Waals surface area contributed by atoms with E-state index in [0.29, 0.717) is 0 Å². The molecule has 0 aromatic rings. The lowest BCUT2D eigenvalue weighted by molar-refractivity contribution is -0.870. The standard InChI is InChI=1S/C7H18NO.H2O/c1-7(9)5-6-8(2,3)4;/h7,9H,5-6H2,1-4H3;1H2/q+1;/p-1. The highest BCUT2D eigenvalue weighted by molar-refractivity contribution is 4.43. The van der Waals surface area contributed by atoms with E-state index < -0.39 is 0 Å². The first-order valence-electron chi connectivity index (χ1n) is 3.40. The fourth-order valence-electron chi connectivity index (χ4n) is 0.574. The monoisotopic (exact) mass is 149 g/mol. The molecule has 64 valence electrons. The average molecular weight is 149 g/mol. The van der Waals surface area contributed by atoms with Crippen molar-refractivity contribution in [3.8, 4) is 0 Å². The van der Waals surface area contributed by atoms with E-state index in [-0.39, 0.29) is 11.6 Å². The number of aliphatic hydroxyl groups is 1. The molecule has 0 fully saturated rings. The zero-order chi connectivity index (χ0) is 7.49. The molecule has 0 heterocycles. The zero-order valence-electron chi connectivity index (χ0n) is 7.33. The number of rotatable bonds is 3. The van der Waals surface area contributed by atoms with Crippen molar-refractivity contribution in [1.82, 2.24) is 0 Å². The molecule has 10 heavy (non-hydrogen) atoms. The Morgan fingerprint density at radius 1 is 1.30 bits per heavy atom. The minimum Gasteiger partial charge on any atom is -0.870 e. The maximum Gasteiger partial charge on any atom is 0.0805 e. The fraction of sp³-hybridized carbons (Fsp3) is 1.00. The van der Waals surface area contributed by atoms with Crippen molar-refractivity contribution in [2.75, 3.05) is 27.7 Å². The van der Waals surface area contributed by atoms with Gasteiger partial charge in [0.05, 0.1) is 33.8 Å². The number of hydrogen-bond acceptors (Lipinski definition) is 2. The predicted molar refractivity (Wildman–Crippen MR) is 41.1 cm³/mol. The molecular formula is C7H19NO2. The summed E-state index contributed by atoms with van der Waals surface area (Å²) in [5, 5.41) is 8.91. The molecule has 0 bridgehead atoms. The van der Waals surface area contributed by atoms with Crippen molar-refractivity contribution in [1.29, 1.82) is 0 Å². The van der Waals surface area contributed by atoms with Gasteiger partial charge in [-0.3, -0.25) is 0 Å². The lowest BCUT2D eigenvalue weighted by Crippen LogP contribution is -2.36. The van der Waals surface area contributed by atoms with Gasteiger partial charge in [0, 0.05) is 6.42 Å². The molecule has 0 radical (unpaired) electrons. The summed E-state index contributed by atoms with van der Waals surface area (Å²) in [4.78, 5) is 0. The highest BCUT2D eigenvalue weighted by Crippen LogP contribution is 1.96. The van der Waals surface area contributed by atoms with Crippen molar-refractivity contribution in [3.05, 3.63) is 0 Å². The maximum atomic E-state index is 8.91. The number of nitrogens with zero attached hydrogens (tertiary/aromatic N) is 1. The Morgan fingerprint density at radius 2 is 1.70 bits per heavy atom. The van der Waals surface area contributed by atoms with Gasteiger partial charge in [-0.1, -0.05) is 0 Å². The van der Waals surface area contributed by atoms with Crippen molar-refractivity contribution in [2.24, 2.45) is 0 Å². The Morgan fingerprint density at radius 3 is 1.80 bits per heavy atom. The van der Waals surface area contributed by atoms with Crippen LogP contribution in [-0.2, 0) is 0 Å². The third kappa shape index (κ3) is 10.8. The van der Waals surface area contributed by atoms with E-state index in [2.05, 4.69) is 21.1 Å². The molecule has 0 aliphatic rings. The SMILES string of the molecule is CC(O)CC[N+](C)(C)C.[OH-]. The Bertz CT molecular complexity index is 76.2. The number of quaternary nitrogens is 1. The second kappa shape index (κ2) is 4.66. The number of hydrogen-bond donors (Lipinski definition) is 1. The Kier molecular flexibility index (Phi) is 5.84. The summed E-state index contributed by atoms with van der Waals surface area (Å²) in [6, 6.07) is 0. The van der Waals surface area contributed by atoms with E-state index in [4.69, 9.17) is 5.11 Å². The molecule has 0 rings (SSSR count). The van der Waals surface area contributed by atoms with Gasteiger partial charge in [-0.25, -0.2) is 0 Å². The second-order valence-electron chi connectivity index (χ2n) is 3.65. The maximum absolute atomic E-state index is 8.91. The molecule has 1 unspecified atom stereocenters. The lowest BCUT2D eigenvalue weighted by Gasteiger charge is -2.24. The van der Waals surface area contributed by atoms with Crippen molar-refractivity contribution < 1.29 is 15.1 Å². The van der Waals surface area contributed by atoms with Crippen LogP contribution in [0.3, 0.4) is 0 Å². The van der Waals surface area contributed by atoms with E-state index in [9.17, 15) is 0 Å². The van der Waals surface area contributed by atoms with E-state index in [0.717, 1.165) is 17.4 Å². The summed E-state index contributed by atoms with van der Waals surface area (Å²) in [5.41, 5.74) is 0. The smallest absolute Gasteiger partial charge is 0.0805 e. The molecule has 0 aromatic carbocycles. The third-order valence-electron chi connectivity index (χ3n) is 1.22. The summed E-state index contributed by atoms with van der Waals surface area (Å²) >= 11 is 0. The average Bonchev–Trinajstić information content (AvgIpc) is 1.59. The molecule has 0 aliphatic carbocycles. The molecule has 2 N–H and O–H groups in total. The minimum atomic E-state index is -0.151. The summed E-state index contributed by atoms with van der Waals surface area (Å²) in [6.07, 6.45) is 0.742. The predicted octanol–water partition coefficient (Wildman–Crippen LogP) is 0.287. The molecule has 0 amide bonds. The second-order valence-corrected chi connectivity index (χ2v) is 3.65. The van der Waals surface area contributed by atoms with E-state index in [1.165, 1.54) is 0 Å². The van der Waals surface area contributed by atoms with Crippen molar-refractivity contribution in [3.63, 3.8) is 0 Å². The Labute approximate surface area is 63.2 Å². The summed E-state index contributed by atoms with van der Waals surface area (Å²) < 4.78 is 0.935. The van der Waals surface area contributed by atoms with Crippen LogP contribution in [0.1, 0.15) is 13.3 Å². The van der Waals surface area contributed by atoms with Gasteiger partial charge in [0.1, 0.15) is 0 Å². The van der Waals surface area contributed by atoms with Gasteiger partial charge in [-0.05, 0) is 6.92 Å². The summed E-state index contributed by atoms with van der Waals surface area (Å²) in [6.45, 7) is 2.87. The van der Waals surface area contributed by atoms with Gasteiger partial charge in [-0.2, -0.15) is 0 Å². The first kappa shape index (κ1) is 12.5. The fourth-order valence-corrected chi connectivity index (χ4v) is 0.574. The van der Waals surface area contributed by atoms with Crippen LogP contribution in [0, 0.1) is 0 Å². The first-order valence-corrected chi connectivity index (χ1v) is 3.40. The Balaban J connectivity index is 0. The van der Waals surface area contributed by atoms with Crippen LogP contribution in [0.5, 0.6) is 0 Å². The van der Waals surface area contributed by atoms with Crippen LogP contribution in [0.25, 0.3) is 0 Å². The third-order valence-corrected chi connectivity index (χ3v) is 1.22. The highest BCUT2D eigenvalue weighted by Gasteiger charge is 2.07. The molecular weight excluding hydrogens is 130 g/mol. The topological polar surface area (TPSA) is 50.2 Å². The van der Waals surface area contributed by atoms with Gasteiger partial charge >= 0.3 is 0 Å². The molecule has 0 spiro atoms. The minimum absolute atomic E-state index is 0. The van der Waals surface area contributed by atoms with Crippen LogP contribution in [0.15, 0.2) is 0 Å². The highest BCUT2D eigenvalue weighted by atomic mass is 16.3. The van der Waals surface area contributed by atoms with Crippen LogP contribution in [0.4, 0.5) is 0 Å². The summed E-state index contributed by atoms with van der Waals surface area (Å²) in [7, 11) is 6.38. The molecule has 0 aliphatic heterocycles. The molecule has 0 saturated heterocycles. The largest absolute Gasteiger partial charge is 0.870 e. The molecule has 3 heteroatoms. The van der Waals surface area contributed by atoms with Gasteiger partial charge in [0.2, 0.25) is 0 Å². The lowest BCUT2D eigenvalue weighted by atomic mass is 10.2. The molecule has 1 atom stereocenters. The summed E-state index contributed by atoms with van der Waals surface area (Å²) in [5.74, 6) is 0. The van der Waals surface area contributed by atoms with Crippen molar-refractivity contribution >= 4 is 0 Å². The van der Waals surface area contributed by atoms with Crippen molar-refractivity contribution in [2.45, 2.75) is 19.4 Å². The van der Waals surface area contributed by atoms with Crippen LogP contribution in [-0.4, -0.2) is 48.9 Å². The normalized spacial score (nSPS) is 14.1. The quantitative estimate of drug-likeness (QED) is 0.586. The molecule has 0 aromatic heterocycles. The molecule has 3 nitrogen and oxygen atoms in total.